The van der Waals surface area contributed by atoms with Crippen LogP contribution < -0.4 is 5.32 Å². The monoisotopic (exact) mass is 580 g/mol. The number of nitrogens with zero attached hydrogens (tertiary/aromatic N) is 1. The van der Waals surface area contributed by atoms with Crippen LogP contribution in [0.5, 0.6) is 0 Å². The van der Waals surface area contributed by atoms with Crippen molar-refractivity contribution in [2.75, 3.05) is 26.2 Å². The fraction of sp³-hybridized carbons (Fsp3) is 0.892. The number of piperazine rings is 1. The Hall–Kier alpha value is -1.36. The molecule has 0 aromatic heterocycles. The van der Waals surface area contributed by atoms with Crippen LogP contribution in [-0.2, 0) is 14.3 Å². The van der Waals surface area contributed by atoms with E-state index in [2.05, 4.69) is 64.8 Å². The fourth-order valence-corrected chi connectivity index (χ4v) is 12.4. The average molecular weight is 581 g/mol. The number of nitrogens with one attached hydrogen (secondary N) is 1. The molecule has 1 aliphatic heterocycles. The van der Waals surface area contributed by atoms with Crippen LogP contribution in [0, 0.1) is 50.2 Å². The van der Waals surface area contributed by atoms with Crippen molar-refractivity contribution in [3.05, 3.63) is 11.6 Å². The summed E-state index contributed by atoms with van der Waals surface area (Å²) in [6.45, 7) is 22.8. The van der Waals surface area contributed by atoms with E-state index in [0.29, 0.717) is 29.1 Å². The molecule has 5 fully saturated rings. The quantitative estimate of drug-likeness (QED) is 0.277. The second-order valence-electron chi connectivity index (χ2n) is 17.8. The standard InChI is InChI=1S/C37H60N2O3/c1-25(40)42-30-12-13-34(6)28(33(30,4)5)11-14-36(8)29(34)10-9-26-27-23-32(2,3)15-17-37(27,18-16-35(26,36)7)24-31(41)39-21-19-38-20-22-39/h9,27-30,38H,10-24H2,1-8H3/t27-,28-,29+,30?,34-,35+,36+,37+/m0/s1. The summed E-state index contributed by atoms with van der Waals surface area (Å²) in [5.41, 5.74) is 2.86. The summed E-state index contributed by atoms with van der Waals surface area (Å²) in [7, 11) is 0. The highest BCUT2D eigenvalue weighted by Gasteiger charge is 2.68. The number of hydrogen-bond acceptors (Lipinski definition) is 4. The predicted molar refractivity (Wildman–Crippen MR) is 169 cm³/mol. The van der Waals surface area contributed by atoms with E-state index in [-0.39, 0.29) is 39.1 Å². The highest BCUT2D eigenvalue weighted by molar-refractivity contribution is 5.77. The molecule has 5 aliphatic carbocycles. The molecule has 1 amide bonds. The van der Waals surface area contributed by atoms with E-state index in [4.69, 9.17) is 4.74 Å². The van der Waals surface area contributed by atoms with Gasteiger partial charge in [-0.05, 0) is 109 Å². The lowest BCUT2D eigenvalue weighted by atomic mass is 9.33. The van der Waals surface area contributed by atoms with Crippen molar-refractivity contribution in [2.45, 2.75) is 132 Å². The minimum atomic E-state index is -0.133. The Morgan fingerprint density at radius 1 is 0.905 bits per heavy atom. The molecule has 0 bridgehead atoms. The maximum Gasteiger partial charge on any atom is 0.302 e. The van der Waals surface area contributed by atoms with E-state index in [1.165, 1.54) is 51.4 Å². The molecule has 4 saturated carbocycles. The molecule has 1 unspecified atom stereocenters. The third-order valence-electron chi connectivity index (χ3n) is 15.0. The summed E-state index contributed by atoms with van der Waals surface area (Å²) >= 11 is 0. The highest BCUT2D eigenvalue weighted by Crippen LogP contribution is 2.76. The topological polar surface area (TPSA) is 58.6 Å². The first-order chi connectivity index (χ1) is 19.6. The van der Waals surface area contributed by atoms with E-state index in [1.807, 2.05) is 0 Å². The largest absolute Gasteiger partial charge is 0.462 e. The van der Waals surface area contributed by atoms with E-state index in [0.717, 1.165) is 45.4 Å². The maximum atomic E-state index is 13.8. The number of hydrogen-bond donors (Lipinski definition) is 1. The van der Waals surface area contributed by atoms with Gasteiger partial charge in [-0.25, -0.2) is 0 Å². The van der Waals surface area contributed by atoms with Gasteiger partial charge in [0.25, 0.3) is 0 Å². The van der Waals surface area contributed by atoms with Gasteiger partial charge in [0.2, 0.25) is 5.91 Å². The van der Waals surface area contributed by atoms with Crippen molar-refractivity contribution in [1.82, 2.24) is 10.2 Å². The van der Waals surface area contributed by atoms with Crippen LogP contribution in [0.1, 0.15) is 126 Å². The number of carbonyl (C=O) groups excluding carboxylic acids is 2. The number of rotatable bonds is 3. The van der Waals surface area contributed by atoms with E-state index in [9.17, 15) is 9.59 Å². The molecule has 0 aromatic rings. The lowest BCUT2D eigenvalue weighted by Gasteiger charge is -2.71. The van der Waals surface area contributed by atoms with Gasteiger partial charge < -0.3 is 15.0 Å². The smallest absolute Gasteiger partial charge is 0.302 e. The number of fused-ring (bicyclic) bond motifs is 7. The second kappa shape index (κ2) is 10.1. The van der Waals surface area contributed by atoms with Crippen molar-refractivity contribution in [2.24, 2.45) is 50.2 Å². The van der Waals surface area contributed by atoms with Gasteiger partial charge in [0.1, 0.15) is 6.10 Å². The zero-order valence-corrected chi connectivity index (χ0v) is 28.2. The van der Waals surface area contributed by atoms with Gasteiger partial charge in [-0.1, -0.05) is 60.1 Å². The van der Waals surface area contributed by atoms with Crippen LogP contribution in [0.3, 0.4) is 0 Å². The van der Waals surface area contributed by atoms with Gasteiger partial charge in [0.15, 0.2) is 0 Å². The normalized spacial score (nSPS) is 45.8. The van der Waals surface area contributed by atoms with Gasteiger partial charge in [-0.15, -0.1) is 0 Å². The van der Waals surface area contributed by atoms with Crippen molar-refractivity contribution in [1.29, 1.82) is 0 Å². The van der Waals surface area contributed by atoms with E-state index < -0.39 is 0 Å². The number of allylic oxidation sites excluding steroid dienone is 2. The second-order valence-corrected chi connectivity index (χ2v) is 17.8. The zero-order valence-electron chi connectivity index (χ0n) is 28.2. The lowest BCUT2D eigenvalue weighted by Crippen LogP contribution is -2.65. The third kappa shape index (κ3) is 4.47. The summed E-state index contributed by atoms with van der Waals surface area (Å²) < 4.78 is 5.95. The summed E-state index contributed by atoms with van der Waals surface area (Å²) in [4.78, 5) is 28.0. The van der Waals surface area contributed by atoms with Gasteiger partial charge in [0.05, 0.1) is 0 Å². The van der Waals surface area contributed by atoms with Gasteiger partial charge >= 0.3 is 5.97 Å². The Morgan fingerprint density at radius 3 is 2.29 bits per heavy atom. The average Bonchev–Trinajstić information content (AvgIpc) is 2.91. The molecule has 1 heterocycles. The Bertz CT molecular complexity index is 1140. The molecule has 5 heteroatoms. The van der Waals surface area contributed by atoms with Crippen molar-refractivity contribution < 1.29 is 14.3 Å². The van der Waals surface area contributed by atoms with Crippen molar-refractivity contribution >= 4 is 11.9 Å². The Kier molecular flexibility index (Phi) is 7.35. The molecule has 5 nitrogen and oxygen atoms in total. The Morgan fingerprint density at radius 2 is 1.60 bits per heavy atom. The fourth-order valence-electron chi connectivity index (χ4n) is 12.4. The van der Waals surface area contributed by atoms with Crippen LogP contribution in [0.25, 0.3) is 0 Å². The highest BCUT2D eigenvalue weighted by atomic mass is 16.5. The summed E-state index contributed by atoms with van der Waals surface area (Å²) in [6, 6.07) is 0. The molecule has 0 aromatic carbocycles. The van der Waals surface area contributed by atoms with Gasteiger partial charge in [-0.2, -0.15) is 0 Å². The SMILES string of the molecule is CC(=O)OC1CC[C@]2(C)[C@H]3CC=C4[C@@H]5CC(C)(C)CC[C@]5(CC(=O)N5CCNCC5)CC[C@@]4(C)[C@]3(C)CC[C@H]2C1(C)C. The molecule has 0 spiro atoms. The molecular weight excluding hydrogens is 520 g/mol. The van der Waals surface area contributed by atoms with Crippen LogP contribution in [0.15, 0.2) is 11.6 Å². The molecule has 1 saturated heterocycles. The van der Waals surface area contributed by atoms with Crippen LogP contribution in [0.4, 0.5) is 0 Å². The molecule has 0 radical (unpaired) electrons. The number of esters is 1. The van der Waals surface area contributed by atoms with E-state index >= 15 is 0 Å². The molecule has 42 heavy (non-hydrogen) atoms. The number of carbonyl (C=O) groups is 2. The minimum Gasteiger partial charge on any atom is -0.462 e. The molecule has 236 valence electrons. The zero-order chi connectivity index (χ0) is 30.3. The molecule has 8 atom stereocenters. The molecule has 6 aliphatic rings. The van der Waals surface area contributed by atoms with Crippen molar-refractivity contribution in [3.63, 3.8) is 0 Å². The predicted octanol–water partition coefficient (Wildman–Crippen LogP) is 7.54. The van der Waals surface area contributed by atoms with Crippen LogP contribution in [0.2, 0.25) is 0 Å². The molecular formula is C37H60N2O3. The first kappa shape index (κ1) is 30.7. The maximum absolute atomic E-state index is 13.8. The molecule has 6 rings (SSSR count). The summed E-state index contributed by atoms with van der Waals surface area (Å²) in [5.74, 6) is 2.00. The number of ether oxygens (including phenoxy) is 1. The first-order valence-corrected chi connectivity index (χ1v) is 17.4. The van der Waals surface area contributed by atoms with Crippen molar-refractivity contribution in [3.8, 4) is 0 Å². The van der Waals surface area contributed by atoms with Crippen LogP contribution in [-0.4, -0.2) is 49.1 Å². The van der Waals surface area contributed by atoms with Gasteiger partial charge in [0, 0.05) is 44.9 Å². The van der Waals surface area contributed by atoms with Gasteiger partial charge in [-0.3, -0.25) is 9.59 Å². The number of amides is 1. The first-order valence-electron chi connectivity index (χ1n) is 17.4. The third-order valence-corrected chi connectivity index (χ3v) is 15.0. The summed E-state index contributed by atoms with van der Waals surface area (Å²) in [6.07, 6.45) is 15.4. The minimum absolute atomic E-state index is 0.00958. The lowest BCUT2D eigenvalue weighted by molar-refractivity contribution is -0.212. The molecule has 1 N–H and O–H groups in total. The Balaban J connectivity index is 1.34. The van der Waals surface area contributed by atoms with Crippen LogP contribution >= 0.6 is 0 Å². The summed E-state index contributed by atoms with van der Waals surface area (Å²) in [5, 5.41) is 3.42. The Labute approximate surface area is 256 Å². The van der Waals surface area contributed by atoms with E-state index in [1.54, 1.807) is 12.5 Å².